The summed E-state index contributed by atoms with van der Waals surface area (Å²) in [4.78, 5) is 1.98. The zero-order chi connectivity index (χ0) is 18.1. The standard InChI is InChI=1S/C19H31NO4/c1-6-11-20-12-19(23)10-9-14(21)16(24-5)17(19)18(20,4)15(22)8-7-13(2)3/h1,7,14-17,21-23H,8-12H2,2-5H3/t14-,15-,16-,17-,18-,19+/m1/s1. The molecular formula is C19H31NO4. The number of hydrogen-bond donors (Lipinski definition) is 3. The van der Waals surface area contributed by atoms with E-state index in [0.29, 0.717) is 32.4 Å². The van der Waals surface area contributed by atoms with Crippen LogP contribution in [-0.2, 0) is 4.74 Å². The Morgan fingerprint density at radius 1 is 1.50 bits per heavy atom. The van der Waals surface area contributed by atoms with Gasteiger partial charge in [-0.1, -0.05) is 17.6 Å². The second-order valence-electron chi connectivity index (χ2n) is 7.71. The molecule has 0 spiro atoms. The topological polar surface area (TPSA) is 73.2 Å². The Bertz CT molecular complexity index is 524. The fourth-order valence-electron chi connectivity index (χ4n) is 4.63. The van der Waals surface area contributed by atoms with Gasteiger partial charge in [0.05, 0.1) is 36.0 Å². The molecular weight excluding hydrogens is 306 g/mol. The number of methoxy groups -OCH3 is 1. The minimum absolute atomic E-state index is 0.341. The van der Waals surface area contributed by atoms with Crippen LogP contribution in [-0.4, -0.2) is 69.9 Å². The van der Waals surface area contributed by atoms with E-state index in [1.807, 2.05) is 31.7 Å². The molecule has 2 fully saturated rings. The summed E-state index contributed by atoms with van der Waals surface area (Å²) >= 11 is 0. The molecule has 2 aliphatic rings. The Hall–Kier alpha value is -0.900. The van der Waals surface area contributed by atoms with Crippen LogP contribution in [0.25, 0.3) is 0 Å². The second-order valence-corrected chi connectivity index (χ2v) is 7.71. The normalized spacial score (nSPS) is 40.7. The summed E-state index contributed by atoms with van der Waals surface area (Å²) < 4.78 is 5.57. The SMILES string of the molecule is C#CCN1C[C@@]2(O)CC[C@@H](O)[C@@H](OC)[C@@H]2[C@@]1(C)[C@H](O)CC=C(C)C. The molecule has 6 atom stereocenters. The zero-order valence-electron chi connectivity index (χ0n) is 15.2. The number of nitrogens with zero attached hydrogens (tertiary/aromatic N) is 1. The van der Waals surface area contributed by atoms with Gasteiger partial charge in [0.1, 0.15) is 0 Å². The summed E-state index contributed by atoms with van der Waals surface area (Å²) in [7, 11) is 1.55. The average molecular weight is 337 g/mol. The molecule has 24 heavy (non-hydrogen) atoms. The summed E-state index contributed by atoms with van der Waals surface area (Å²) in [5.41, 5.74) is -0.659. The van der Waals surface area contributed by atoms with Crippen molar-refractivity contribution in [1.29, 1.82) is 0 Å². The number of hydrogen-bond acceptors (Lipinski definition) is 5. The van der Waals surface area contributed by atoms with Crippen LogP contribution in [0.15, 0.2) is 11.6 Å². The molecule has 136 valence electrons. The van der Waals surface area contributed by atoms with Crippen LogP contribution in [0.1, 0.15) is 40.0 Å². The number of ether oxygens (including phenoxy) is 1. The summed E-state index contributed by atoms with van der Waals surface area (Å²) in [5.74, 6) is 2.23. The lowest BCUT2D eigenvalue weighted by Gasteiger charge is -2.49. The van der Waals surface area contributed by atoms with E-state index in [-0.39, 0.29) is 0 Å². The minimum atomic E-state index is -1.02. The zero-order valence-corrected chi connectivity index (χ0v) is 15.2. The first-order valence-corrected chi connectivity index (χ1v) is 8.64. The number of β-amino-alcohol motifs (C(OH)–C–C–N with tert-alkyl or cyclic N) is 1. The van der Waals surface area contributed by atoms with Crippen molar-refractivity contribution in [3.8, 4) is 12.3 Å². The summed E-state index contributed by atoms with van der Waals surface area (Å²) in [6, 6.07) is 0. The summed E-state index contributed by atoms with van der Waals surface area (Å²) in [5, 5.41) is 32.7. The van der Waals surface area contributed by atoms with E-state index >= 15 is 0 Å². The fraction of sp³-hybridized carbons (Fsp3) is 0.789. The van der Waals surface area contributed by atoms with Gasteiger partial charge in [0.2, 0.25) is 0 Å². The van der Waals surface area contributed by atoms with E-state index in [1.165, 1.54) is 0 Å². The highest BCUT2D eigenvalue weighted by Gasteiger charge is 2.65. The quantitative estimate of drug-likeness (QED) is 0.514. The molecule has 1 aliphatic heterocycles. The number of rotatable bonds is 5. The van der Waals surface area contributed by atoms with Crippen LogP contribution in [0.2, 0.25) is 0 Å². The first-order valence-electron chi connectivity index (χ1n) is 8.64. The van der Waals surface area contributed by atoms with Crippen molar-refractivity contribution < 1.29 is 20.1 Å². The fourth-order valence-corrected chi connectivity index (χ4v) is 4.63. The maximum Gasteiger partial charge on any atom is 0.0904 e. The van der Waals surface area contributed by atoms with Crippen LogP contribution >= 0.6 is 0 Å². The van der Waals surface area contributed by atoms with Crippen molar-refractivity contribution >= 4 is 0 Å². The average Bonchev–Trinajstić information content (AvgIpc) is 2.75. The maximum atomic E-state index is 11.3. The van der Waals surface area contributed by atoms with Gasteiger partial charge in [-0.15, -0.1) is 6.42 Å². The predicted octanol–water partition coefficient (Wildman–Crippen LogP) is 0.928. The monoisotopic (exact) mass is 337 g/mol. The van der Waals surface area contributed by atoms with E-state index < -0.39 is 35.4 Å². The minimum Gasteiger partial charge on any atom is -0.391 e. The molecule has 5 heteroatoms. The molecule has 1 aliphatic carbocycles. The van der Waals surface area contributed by atoms with Crippen molar-refractivity contribution in [2.75, 3.05) is 20.2 Å². The van der Waals surface area contributed by atoms with Gasteiger partial charge in [-0.05, 0) is 40.0 Å². The molecule has 1 saturated heterocycles. The van der Waals surface area contributed by atoms with Crippen LogP contribution < -0.4 is 0 Å². The lowest BCUT2D eigenvalue weighted by molar-refractivity contribution is -0.169. The van der Waals surface area contributed by atoms with E-state index in [4.69, 9.17) is 11.2 Å². The van der Waals surface area contributed by atoms with Gasteiger partial charge >= 0.3 is 0 Å². The largest absolute Gasteiger partial charge is 0.391 e. The Balaban J connectivity index is 2.45. The van der Waals surface area contributed by atoms with E-state index in [9.17, 15) is 15.3 Å². The van der Waals surface area contributed by atoms with Crippen molar-refractivity contribution in [3.05, 3.63) is 11.6 Å². The van der Waals surface area contributed by atoms with Gasteiger partial charge in [0, 0.05) is 19.6 Å². The van der Waals surface area contributed by atoms with Gasteiger partial charge in [0.25, 0.3) is 0 Å². The third-order valence-corrected chi connectivity index (χ3v) is 5.91. The molecule has 0 bridgehead atoms. The number of fused-ring (bicyclic) bond motifs is 1. The smallest absolute Gasteiger partial charge is 0.0904 e. The van der Waals surface area contributed by atoms with Gasteiger partial charge in [-0.3, -0.25) is 4.90 Å². The molecule has 5 nitrogen and oxygen atoms in total. The third kappa shape index (κ3) is 3.14. The molecule has 2 rings (SSSR count). The molecule has 0 radical (unpaired) electrons. The van der Waals surface area contributed by atoms with Gasteiger partial charge in [0.15, 0.2) is 0 Å². The lowest BCUT2D eigenvalue weighted by atomic mass is 9.65. The van der Waals surface area contributed by atoms with Gasteiger partial charge in [-0.25, -0.2) is 0 Å². The number of likely N-dealkylation sites (tertiary alicyclic amines) is 1. The number of terminal acetylenes is 1. The predicted molar refractivity (Wildman–Crippen MR) is 93.3 cm³/mol. The van der Waals surface area contributed by atoms with Crippen molar-refractivity contribution in [2.45, 2.75) is 69.5 Å². The Morgan fingerprint density at radius 3 is 2.71 bits per heavy atom. The Kier molecular flexibility index (Phi) is 5.79. The molecule has 1 saturated carbocycles. The molecule has 0 amide bonds. The van der Waals surface area contributed by atoms with Crippen molar-refractivity contribution in [2.24, 2.45) is 5.92 Å². The van der Waals surface area contributed by atoms with E-state index in [1.54, 1.807) is 7.11 Å². The molecule has 0 unspecified atom stereocenters. The highest BCUT2D eigenvalue weighted by atomic mass is 16.5. The van der Waals surface area contributed by atoms with Crippen molar-refractivity contribution in [3.63, 3.8) is 0 Å². The molecule has 1 heterocycles. The lowest BCUT2D eigenvalue weighted by Crippen LogP contribution is -2.63. The number of allylic oxidation sites excluding steroid dienone is 1. The highest BCUT2D eigenvalue weighted by Crippen LogP contribution is 2.52. The van der Waals surface area contributed by atoms with E-state index in [2.05, 4.69) is 5.92 Å². The first-order chi connectivity index (χ1) is 11.2. The first kappa shape index (κ1) is 19.4. The maximum absolute atomic E-state index is 11.3. The van der Waals surface area contributed by atoms with E-state index in [0.717, 1.165) is 5.57 Å². The highest BCUT2D eigenvalue weighted by molar-refractivity contribution is 5.20. The van der Waals surface area contributed by atoms with Crippen LogP contribution in [0.3, 0.4) is 0 Å². The Morgan fingerprint density at radius 2 is 2.17 bits per heavy atom. The van der Waals surface area contributed by atoms with Crippen LogP contribution in [0.5, 0.6) is 0 Å². The van der Waals surface area contributed by atoms with Gasteiger partial charge in [-0.2, -0.15) is 0 Å². The van der Waals surface area contributed by atoms with Crippen molar-refractivity contribution in [1.82, 2.24) is 4.90 Å². The Labute approximate surface area is 145 Å². The third-order valence-electron chi connectivity index (χ3n) is 5.91. The number of aliphatic hydroxyl groups is 3. The summed E-state index contributed by atoms with van der Waals surface area (Å²) in [6.45, 7) is 6.63. The summed E-state index contributed by atoms with van der Waals surface area (Å²) in [6.07, 6.45) is 7.05. The van der Waals surface area contributed by atoms with Crippen LogP contribution in [0.4, 0.5) is 0 Å². The van der Waals surface area contributed by atoms with Gasteiger partial charge < -0.3 is 20.1 Å². The second kappa shape index (κ2) is 7.15. The number of aliphatic hydroxyl groups excluding tert-OH is 2. The molecule has 0 aromatic rings. The molecule has 3 N–H and O–H groups in total. The van der Waals surface area contributed by atoms with Crippen LogP contribution in [0, 0.1) is 18.3 Å². The molecule has 0 aromatic heterocycles. The molecule has 0 aromatic carbocycles.